The van der Waals surface area contributed by atoms with Gasteiger partial charge in [-0.2, -0.15) is 0 Å². The zero-order valence-electron chi connectivity index (χ0n) is 20.3. The van der Waals surface area contributed by atoms with Crippen LogP contribution in [0, 0.1) is 0 Å². The van der Waals surface area contributed by atoms with Crippen molar-refractivity contribution in [3.05, 3.63) is 83.1 Å². The highest BCUT2D eigenvalue weighted by molar-refractivity contribution is 6.06. The molecule has 184 valence electrons. The molecule has 0 fully saturated rings. The first kappa shape index (κ1) is 27.3. The lowest BCUT2D eigenvalue weighted by atomic mass is 10.0. The van der Waals surface area contributed by atoms with Crippen molar-refractivity contribution in [3.63, 3.8) is 0 Å². The fraction of sp³-hybridized carbons (Fsp3) is 0.250. The van der Waals surface area contributed by atoms with Crippen molar-refractivity contribution in [2.24, 2.45) is 0 Å². The number of carbonyl (C=O) groups is 3. The summed E-state index contributed by atoms with van der Waals surface area (Å²) < 4.78 is 11.0. The zero-order valence-corrected chi connectivity index (χ0v) is 20.3. The predicted molar refractivity (Wildman–Crippen MR) is 133 cm³/mol. The number of ether oxygens (including phenoxy) is 1. The van der Waals surface area contributed by atoms with Crippen LogP contribution in [0.1, 0.15) is 59.2 Å². The maximum atomic E-state index is 12.5. The van der Waals surface area contributed by atoms with E-state index in [1.54, 1.807) is 36.4 Å². The van der Waals surface area contributed by atoms with E-state index in [0.29, 0.717) is 35.4 Å². The fourth-order valence-electron chi connectivity index (χ4n) is 3.13. The molecule has 0 unspecified atom stereocenters. The van der Waals surface area contributed by atoms with Gasteiger partial charge in [-0.1, -0.05) is 24.3 Å². The van der Waals surface area contributed by atoms with Gasteiger partial charge in [-0.05, 0) is 75.2 Å². The summed E-state index contributed by atoms with van der Waals surface area (Å²) >= 11 is 0. The number of phenolic OH excluding ortho intramolecular Hbond substituents is 1. The van der Waals surface area contributed by atoms with Gasteiger partial charge in [0, 0.05) is 24.7 Å². The minimum atomic E-state index is -0.503. The Morgan fingerprint density at radius 2 is 1.69 bits per heavy atom. The van der Waals surface area contributed by atoms with Crippen molar-refractivity contribution in [2.45, 2.75) is 39.2 Å². The number of hydrogen-bond donors (Lipinski definition) is 2. The van der Waals surface area contributed by atoms with Crippen LogP contribution in [0.3, 0.4) is 0 Å². The standard InChI is InChI=1S/C27H26O6.CH4O/c1-27(2,3)33-26(31)15-6-18-4-7-19(8-5-18)23(29)13-10-22-11-14-25(32-22)20-9-12-24(30)21(16-20)17-28;1-2/h4-5,7-14,16-17,30H,6,15H2,1-3H3;2H,1H3/b13-10+;. The van der Waals surface area contributed by atoms with Gasteiger partial charge < -0.3 is 19.4 Å². The Morgan fingerprint density at radius 1 is 1.00 bits per heavy atom. The maximum absolute atomic E-state index is 12.5. The monoisotopic (exact) mass is 478 g/mol. The van der Waals surface area contributed by atoms with Crippen molar-refractivity contribution >= 4 is 24.1 Å². The van der Waals surface area contributed by atoms with Crippen LogP contribution in [-0.4, -0.2) is 41.0 Å². The summed E-state index contributed by atoms with van der Waals surface area (Å²) in [7, 11) is 1.00. The summed E-state index contributed by atoms with van der Waals surface area (Å²) in [6.07, 6.45) is 4.39. The van der Waals surface area contributed by atoms with Crippen molar-refractivity contribution in [1.82, 2.24) is 0 Å². The molecule has 3 rings (SSSR count). The molecule has 0 bridgehead atoms. The van der Waals surface area contributed by atoms with E-state index in [0.717, 1.165) is 12.7 Å². The number of aliphatic hydroxyl groups is 1. The van der Waals surface area contributed by atoms with Crippen LogP contribution < -0.4 is 0 Å². The lowest BCUT2D eigenvalue weighted by Crippen LogP contribution is -2.24. The number of esters is 1. The highest BCUT2D eigenvalue weighted by Crippen LogP contribution is 2.27. The van der Waals surface area contributed by atoms with E-state index in [-0.39, 0.29) is 29.5 Å². The molecule has 2 aromatic carbocycles. The number of phenols is 1. The number of aryl methyl sites for hydroxylation is 1. The Kier molecular flexibility index (Phi) is 9.73. The number of furan rings is 1. The van der Waals surface area contributed by atoms with Crippen LogP contribution in [0.25, 0.3) is 17.4 Å². The van der Waals surface area contributed by atoms with Gasteiger partial charge in [0.1, 0.15) is 22.9 Å². The smallest absolute Gasteiger partial charge is 0.306 e. The zero-order chi connectivity index (χ0) is 26.0. The van der Waals surface area contributed by atoms with Crippen molar-refractivity contribution in [2.75, 3.05) is 7.11 Å². The van der Waals surface area contributed by atoms with Crippen molar-refractivity contribution < 1.29 is 33.8 Å². The van der Waals surface area contributed by atoms with Gasteiger partial charge >= 0.3 is 5.97 Å². The summed E-state index contributed by atoms with van der Waals surface area (Å²) in [6, 6.07) is 15.1. The highest BCUT2D eigenvalue weighted by atomic mass is 16.6. The van der Waals surface area contributed by atoms with Gasteiger partial charge in [0.05, 0.1) is 5.56 Å². The van der Waals surface area contributed by atoms with Crippen LogP contribution in [0.5, 0.6) is 5.75 Å². The molecule has 1 aromatic heterocycles. The number of aromatic hydroxyl groups is 1. The van der Waals surface area contributed by atoms with E-state index in [1.807, 2.05) is 32.9 Å². The molecule has 1 heterocycles. The van der Waals surface area contributed by atoms with Crippen molar-refractivity contribution in [1.29, 1.82) is 0 Å². The second-order valence-electron chi connectivity index (χ2n) is 8.57. The van der Waals surface area contributed by atoms with E-state index in [4.69, 9.17) is 14.3 Å². The van der Waals surface area contributed by atoms with Gasteiger partial charge in [-0.15, -0.1) is 0 Å². The molecule has 0 aliphatic heterocycles. The second-order valence-corrected chi connectivity index (χ2v) is 8.57. The Hall–Kier alpha value is -3.97. The average molecular weight is 479 g/mol. The molecule has 0 radical (unpaired) electrons. The number of hydrogen-bond acceptors (Lipinski definition) is 7. The summed E-state index contributed by atoms with van der Waals surface area (Å²) in [6.45, 7) is 5.50. The maximum Gasteiger partial charge on any atom is 0.306 e. The number of rotatable bonds is 8. The van der Waals surface area contributed by atoms with E-state index in [1.165, 1.54) is 18.2 Å². The van der Waals surface area contributed by atoms with E-state index in [2.05, 4.69) is 0 Å². The molecule has 0 aliphatic rings. The molecule has 0 spiro atoms. The topological polar surface area (TPSA) is 114 Å². The molecule has 0 aliphatic carbocycles. The highest BCUT2D eigenvalue weighted by Gasteiger charge is 2.16. The number of carbonyl (C=O) groups excluding carboxylic acids is 3. The molecular weight excluding hydrogens is 448 g/mol. The largest absolute Gasteiger partial charge is 0.507 e. The normalized spacial score (nSPS) is 11.0. The van der Waals surface area contributed by atoms with Crippen molar-refractivity contribution in [3.8, 4) is 17.1 Å². The second kappa shape index (κ2) is 12.5. The number of aliphatic hydroxyl groups excluding tert-OH is 1. The quantitative estimate of drug-likeness (QED) is 0.197. The average Bonchev–Trinajstić information content (AvgIpc) is 3.31. The SMILES string of the molecule is CC(C)(C)OC(=O)CCc1ccc(C(=O)/C=C/c2ccc(-c3ccc(O)c(C=O)c3)o2)cc1.CO. The van der Waals surface area contributed by atoms with Crippen LogP contribution in [0.2, 0.25) is 0 Å². The summed E-state index contributed by atoms with van der Waals surface area (Å²) in [5, 5.41) is 16.6. The third-order valence-electron chi connectivity index (χ3n) is 4.74. The first-order valence-corrected chi connectivity index (χ1v) is 11.0. The Balaban J connectivity index is 0.00000210. The summed E-state index contributed by atoms with van der Waals surface area (Å²) in [5.41, 5.74) is 1.78. The van der Waals surface area contributed by atoms with Gasteiger partial charge in [0.25, 0.3) is 0 Å². The minimum Gasteiger partial charge on any atom is -0.507 e. The number of benzene rings is 2. The molecule has 0 saturated heterocycles. The molecule has 0 saturated carbocycles. The lowest BCUT2D eigenvalue weighted by molar-refractivity contribution is -0.154. The molecule has 2 N–H and O–H groups in total. The van der Waals surface area contributed by atoms with Gasteiger partial charge in [-0.3, -0.25) is 14.4 Å². The Morgan fingerprint density at radius 3 is 2.31 bits per heavy atom. The van der Waals surface area contributed by atoms with Crippen LogP contribution >= 0.6 is 0 Å². The third kappa shape index (κ3) is 8.39. The van der Waals surface area contributed by atoms with Gasteiger partial charge in [-0.25, -0.2) is 0 Å². The number of allylic oxidation sites excluding steroid dienone is 1. The number of aldehydes is 1. The van der Waals surface area contributed by atoms with Crippen LogP contribution in [0.4, 0.5) is 0 Å². The van der Waals surface area contributed by atoms with Crippen LogP contribution in [-0.2, 0) is 16.0 Å². The molecule has 7 heteroatoms. The molecule has 7 nitrogen and oxygen atoms in total. The summed E-state index contributed by atoms with van der Waals surface area (Å²) in [5.74, 6) is 0.465. The first-order valence-electron chi connectivity index (χ1n) is 11.0. The molecule has 0 atom stereocenters. The summed E-state index contributed by atoms with van der Waals surface area (Å²) in [4.78, 5) is 35.3. The predicted octanol–water partition coefficient (Wildman–Crippen LogP) is 5.24. The fourth-order valence-corrected chi connectivity index (χ4v) is 3.13. The van der Waals surface area contributed by atoms with E-state index < -0.39 is 5.60 Å². The first-order chi connectivity index (χ1) is 16.6. The Labute approximate surface area is 204 Å². The van der Waals surface area contributed by atoms with E-state index in [9.17, 15) is 19.5 Å². The number of ketones is 1. The minimum absolute atomic E-state index is 0.0955. The van der Waals surface area contributed by atoms with Gasteiger partial charge in [0.15, 0.2) is 12.1 Å². The third-order valence-corrected chi connectivity index (χ3v) is 4.74. The molecule has 3 aromatic rings. The molecule has 35 heavy (non-hydrogen) atoms. The van der Waals surface area contributed by atoms with Gasteiger partial charge in [0.2, 0.25) is 0 Å². The van der Waals surface area contributed by atoms with Crippen LogP contribution in [0.15, 0.2) is 65.1 Å². The molecular formula is C28H30O7. The lowest BCUT2D eigenvalue weighted by Gasteiger charge is -2.19. The Bertz CT molecular complexity index is 1180. The molecule has 0 amide bonds. The van der Waals surface area contributed by atoms with E-state index >= 15 is 0 Å².